The second kappa shape index (κ2) is 33.4. The van der Waals surface area contributed by atoms with Crippen molar-refractivity contribution in [1.29, 1.82) is 0 Å². The molecule has 2 fully saturated rings. The van der Waals surface area contributed by atoms with Crippen LogP contribution in [-0.4, -0.2) is 195 Å². The number of aliphatic hydroxyl groups is 3. The van der Waals surface area contributed by atoms with Gasteiger partial charge in [0.25, 0.3) is 11.8 Å². The molecular weight excluding hydrogens is 1200 g/mol. The number of benzene rings is 2. The van der Waals surface area contributed by atoms with Crippen molar-refractivity contribution >= 4 is 88.2 Å². The van der Waals surface area contributed by atoms with Gasteiger partial charge in [0.15, 0.2) is 0 Å². The van der Waals surface area contributed by atoms with Gasteiger partial charge in [0.2, 0.25) is 65.0 Å². The fraction of sp³-hybridized carbons (Fsp3) is 0.500. The number of hydrogen-bond donors (Lipinski definition) is 15. The van der Waals surface area contributed by atoms with E-state index >= 15 is 0 Å². The van der Waals surface area contributed by atoms with Gasteiger partial charge in [-0.15, -0.1) is 0 Å². The van der Waals surface area contributed by atoms with E-state index in [-0.39, 0.29) is 38.9 Å². The number of nitrogens with one attached hydrogen (secondary N) is 12. The summed E-state index contributed by atoms with van der Waals surface area (Å²) in [6.45, 7) is 7.18. The maximum Gasteiger partial charge on any atom is 0.253 e. The van der Waals surface area contributed by atoms with Crippen LogP contribution in [0, 0.1) is 30.2 Å². The number of aliphatic hydroxyl groups excluding tert-OH is 3. The zero-order valence-corrected chi connectivity index (χ0v) is 52.0. The third kappa shape index (κ3) is 19.6. The highest BCUT2D eigenvalue weighted by Crippen LogP contribution is 2.24. The van der Waals surface area contributed by atoms with Crippen LogP contribution in [-0.2, 0) is 75.3 Å². The molecule has 0 aliphatic carbocycles. The van der Waals surface area contributed by atoms with Crippen LogP contribution < -0.4 is 63.8 Å². The van der Waals surface area contributed by atoms with Gasteiger partial charge in [0.1, 0.15) is 48.3 Å². The number of aryl methyl sites for hydroxylation is 1. The lowest BCUT2D eigenvalue weighted by molar-refractivity contribution is -0.144. The molecule has 2 aromatic carbocycles. The average molecular weight is 1280 g/mol. The fourth-order valence-corrected chi connectivity index (χ4v) is 10.4. The Kier molecular flexibility index (Phi) is 25.9. The van der Waals surface area contributed by atoms with Crippen molar-refractivity contribution in [2.75, 3.05) is 43.4 Å². The van der Waals surface area contributed by atoms with E-state index in [1.165, 1.54) is 32.1 Å². The van der Waals surface area contributed by atoms with Crippen LogP contribution in [0.1, 0.15) is 84.8 Å². The number of imide groups is 1. The fourth-order valence-electron chi connectivity index (χ4n) is 10.4. The number of anilines is 2. The number of nitrogens with zero attached hydrogens (tertiary/aromatic N) is 2. The second-order valence-corrected chi connectivity index (χ2v) is 23.4. The third-order valence-corrected chi connectivity index (χ3v) is 16.2. The summed E-state index contributed by atoms with van der Waals surface area (Å²) in [6, 6.07) is 4.55. The quantitative estimate of drug-likeness (QED) is 0.0233. The first-order chi connectivity index (χ1) is 43.7. The molecule has 15 N–H and O–H groups in total. The molecule has 0 radical (unpaired) electrons. The maximum atomic E-state index is 14.8. The highest BCUT2D eigenvalue weighted by atomic mass is 16.3. The zero-order valence-electron chi connectivity index (χ0n) is 52.0. The van der Waals surface area contributed by atoms with E-state index in [1.807, 2.05) is 0 Å². The van der Waals surface area contributed by atoms with Gasteiger partial charge in [-0.2, -0.15) is 0 Å². The van der Waals surface area contributed by atoms with Crippen molar-refractivity contribution in [1.82, 2.24) is 63.0 Å². The Morgan fingerprint density at radius 1 is 0.750 bits per heavy atom. The lowest BCUT2D eigenvalue weighted by atomic mass is 9.93. The summed E-state index contributed by atoms with van der Waals surface area (Å²) in [6.07, 6.45) is 5.22. The summed E-state index contributed by atoms with van der Waals surface area (Å²) in [4.78, 5) is 178. The lowest BCUT2D eigenvalue weighted by Gasteiger charge is -2.33. The van der Waals surface area contributed by atoms with E-state index in [0.717, 1.165) is 22.0 Å². The summed E-state index contributed by atoms with van der Waals surface area (Å²) >= 11 is 0. The van der Waals surface area contributed by atoms with E-state index in [2.05, 4.69) is 69.8 Å². The van der Waals surface area contributed by atoms with Crippen LogP contribution in [0.5, 0.6) is 0 Å². The topological polar surface area (TPSA) is 433 Å². The van der Waals surface area contributed by atoms with Crippen LogP contribution in [0.15, 0.2) is 72.5 Å². The molecule has 2 saturated heterocycles. The molecule has 2 bridgehead atoms. The number of rotatable bonds is 22. The molecule has 1 unspecified atom stereocenters. The standard InChI is InChI=1S/C62H82N14O16/c1-8-33(5)53-59(89)65-28-39-24-43(68-39)57(87)71-44(26-48(81)64-27-36-14-17-38(18-15-36)69-55(85)35(7)67-60(90)52(32(3)4)72-47(80)22-23-75-50(83)20-21-51(75)84)62(92)76-30-40(78)25-45(76)58(88)74-54(34(6)46(79)31-77)61(91)70-42(56(86)66-29-49(82)73-53)19-16-37-12-10-11-13-41(37)63-9-2/h2,10-15,17-18,20-21,24,32-35,40,42-46,52-54,63,68,77-79H,8,16,19,22-23,25-31H2,1,3-7H3,(H,64,81)(H,65,89)(H,66,86)(H,67,90)(H,69,85)(H,70,91)(H,71,87)(H,72,80)(H,73,82)(H,74,88)/t33-,34-,35-,40+,42-,43-,44-,45-,46-,52?,53-,54-/m0/s1. The van der Waals surface area contributed by atoms with Crippen LogP contribution >= 0.6 is 0 Å². The first-order valence-corrected chi connectivity index (χ1v) is 30.3. The van der Waals surface area contributed by atoms with Crippen molar-refractivity contribution in [3.05, 3.63) is 83.6 Å². The Morgan fingerprint density at radius 2 is 1.41 bits per heavy atom. The number of hydrogen-bond acceptors (Lipinski definition) is 18. The first kappa shape index (κ1) is 71.3. The van der Waals surface area contributed by atoms with Crippen molar-refractivity contribution in [3.63, 3.8) is 0 Å². The molecule has 0 spiro atoms. The predicted octanol–water partition coefficient (Wildman–Crippen LogP) is -3.73. The van der Waals surface area contributed by atoms with E-state index in [0.29, 0.717) is 34.6 Å². The monoisotopic (exact) mass is 1280 g/mol. The molecular formula is C62H82N14O16. The Hall–Kier alpha value is -9.73. The summed E-state index contributed by atoms with van der Waals surface area (Å²) in [5.41, 5.74) is 2.33. The van der Waals surface area contributed by atoms with Crippen LogP contribution in [0.4, 0.5) is 11.4 Å². The summed E-state index contributed by atoms with van der Waals surface area (Å²) in [7, 11) is 0. The van der Waals surface area contributed by atoms with Gasteiger partial charge < -0.3 is 84.0 Å². The molecule has 7 rings (SSSR count). The van der Waals surface area contributed by atoms with Gasteiger partial charge in [0, 0.05) is 73.7 Å². The third-order valence-electron chi connectivity index (χ3n) is 16.2. The Balaban J connectivity index is 1.18. The molecule has 92 heavy (non-hydrogen) atoms. The minimum absolute atomic E-state index is 0.112. The highest BCUT2D eigenvalue weighted by molar-refractivity contribution is 6.13. The van der Waals surface area contributed by atoms with Gasteiger partial charge in [-0.25, -0.2) is 0 Å². The number of carbonyl (C=O) groups excluding carboxylic acids is 13. The minimum Gasteiger partial charge on any atom is -0.394 e. The molecule has 30 nitrogen and oxygen atoms in total. The SMILES string of the molecule is C#CNc1ccccc1CC[C@@H]1NC(=O)[C@H]([C@@H](C)[C@@H](O)CO)NC(=O)[C@@H]2C[C@@H](O)CN2C(=O)[C@H](CC(=O)NCc2ccc(NC(=O)[C@H](C)NC(=O)C(NC(=O)CCN3C(=O)C=CC3=O)C(C)C)cc2)NC(=O)[C@@H]2C=C(CNC(=O)[C@H]([C@@H](C)CC)NC(=O)CNC1=O)N2. The Labute approximate surface area is 531 Å². The largest absolute Gasteiger partial charge is 0.394 e. The first-order valence-electron chi connectivity index (χ1n) is 30.3. The van der Waals surface area contributed by atoms with E-state index in [4.69, 9.17) is 6.42 Å². The molecule has 0 aromatic heterocycles. The second-order valence-electron chi connectivity index (χ2n) is 23.4. The molecule has 5 heterocycles. The summed E-state index contributed by atoms with van der Waals surface area (Å²) < 4.78 is 0. The smallest absolute Gasteiger partial charge is 0.253 e. The van der Waals surface area contributed by atoms with E-state index in [9.17, 15) is 77.6 Å². The number of amides is 13. The van der Waals surface area contributed by atoms with E-state index < -0.39 is 188 Å². The summed E-state index contributed by atoms with van der Waals surface area (Å²) in [5, 5.41) is 63.8. The number of fused-ring (bicyclic) bond motifs is 17. The normalized spacial score (nSPS) is 23.3. The van der Waals surface area contributed by atoms with Gasteiger partial charge in [-0.05, 0) is 67.0 Å². The molecule has 2 aromatic rings. The Morgan fingerprint density at radius 3 is 2.07 bits per heavy atom. The Bertz CT molecular complexity index is 3200. The molecule has 13 amide bonds. The molecule has 5 aliphatic rings. The maximum absolute atomic E-state index is 14.8. The molecule has 496 valence electrons. The molecule has 12 atom stereocenters. The van der Waals surface area contributed by atoms with Crippen molar-refractivity contribution < 1.29 is 77.6 Å². The number of terminal acetylenes is 1. The van der Waals surface area contributed by atoms with Gasteiger partial charge in [-0.1, -0.05) is 77.8 Å². The summed E-state index contributed by atoms with van der Waals surface area (Å²) in [5.74, 6) is -12.0. The highest BCUT2D eigenvalue weighted by Gasteiger charge is 2.45. The van der Waals surface area contributed by atoms with Crippen molar-refractivity contribution in [3.8, 4) is 12.5 Å². The van der Waals surface area contributed by atoms with Crippen molar-refractivity contribution in [2.45, 2.75) is 147 Å². The molecule has 30 heteroatoms. The molecule has 5 aliphatic heterocycles. The molecule has 0 saturated carbocycles. The van der Waals surface area contributed by atoms with Crippen LogP contribution in [0.2, 0.25) is 0 Å². The number of para-hydroxylation sites is 1. The van der Waals surface area contributed by atoms with Gasteiger partial charge in [0.05, 0.1) is 38.3 Å². The van der Waals surface area contributed by atoms with E-state index in [1.54, 1.807) is 64.1 Å². The van der Waals surface area contributed by atoms with Crippen LogP contribution in [0.25, 0.3) is 0 Å². The van der Waals surface area contributed by atoms with Gasteiger partial charge >= 0.3 is 0 Å². The van der Waals surface area contributed by atoms with Gasteiger partial charge in [-0.3, -0.25) is 67.2 Å². The minimum atomic E-state index is -1.74. The zero-order chi connectivity index (χ0) is 67.5. The van der Waals surface area contributed by atoms with Crippen LogP contribution in [0.3, 0.4) is 0 Å². The lowest BCUT2D eigenvalue weighted by Crippen LogP contribution is -2.61. The predicted molar refractivity (Wildman–Crippen MR) is 330 cm³/mol. The number of carbonyl (C=O) groups is 13. The van der Waals surface area contributed by atoms with Crippen molar-refractivity contribution in [2.24, 2.45) is 17.8 Å². The average Bonchev–Trinajstić information content (AvgIpc) is 1.57.